The summed E-state index contributed by atoms with van der Waals surface area (Å²) in [4.78, 5) is 0. The first-order chi connectivity index (χ1) is 10.2. The molecule has 1 fully saturated rings. The minimum atomic E-state index is -0.307. The van der Waals surface area contributed by atoms with E-state index in [0.717, 1.165) is 30.0 Å². The number of nitriles is 1. The number of hydrogen-bond donors (Lipinski definition) is 1. The number of rotatable bonds is 4. The maximum atomic E-state index is 9.53. The highest BCUT2D eigenvalue weighted by atomic mass is 35.5. The topological polar surface area (TPSA) is 35.8 Å². The molecule has 1 aliphatic rings. The minimum Gasteiger partial charge on any atom is -0.310 e. The van der Waals surface area contributed by atoms with Gasteiger partial charge >= 0.3 is 0 Å². The molecule has 0 aromatic heterocycles. The maximum absolute atomic E-state index is 9.53. The highest BCUT2D eigenvalue weighted by Gasteiger charge is 2.45. The first-order valence-corrected chi connectivity index (χ1v) is 7.54. The van der Waals surface area contributed by atoms with E-state index in [-0.39, 0.29) is 5.41 Å². The van der Waals surface area contributed by atoms with Gasteiger partial charge in [-0.05, 0) is 36.1 Å². The van der Waals surface area contributed by atoms with E-state index in [9.17, 15) is 5.26 Å². The Labute approximate surface area is 130 Å². The van der Waals surface area contributed by atoms with Gasteiger partial charge in [-0.2, -0.15) is 5.26 Å². The van der Waals surface area contributed by atoms with Crippen molar-refractivity contribution in [3.63, 3.8) is 0 Å². The molecular weight excluding hydrogens is 280 g/mol. The summed E-state index contributed by atoms with van der Waals surface area (Å²) < 4.78 is 0. The van der Waals surface area contributed by atoms with Crippen LogP contribution in [0.25, 0.3) is 0 Å². The smallest absolute Gasteiger partial charge is 0.0852 e. The number of halogens is 1. The van der Waals surface area contributed by atoms with E-state index >= 15 is 0 Å². The van der Waals surface area contributed by atoms with Crippen LogP contribution in [0, 0.1) is 11.3 Å². The van der Waals surface area contributed by atoms with Crippen molar-refractivity contribution in [3.8, 4) is 6.07 Å². The normalized spacial score (nSPS) is 24.1. The second-order valence-corrected chi connectivity index (χ2v) is 6.11. The highest BCUT2D eigenvalue weighted by Crippen LogP contribution is 2.43. The van der Waals surface area contributed by atoms with Crippen molar-refractivity contribution in [2.24, 2.45) is 0 Å². The molecule has 21 heavy (non-hydrogen) atoms. The van der Waals surface area contributed by atoms with E-state index in [1.54, 1.807) is 0 Å². The third kappa shape index (κ3) is 2.95. The van der Waals surface area contributed by atoms with Crippen LogP contribution in [0.2, 0.25) is 5.02 Å². The Hall–Kier alpha value is -1.82. The summed E-state index contributed by atoms with van der Waals surface area (Å²) >= 11 is 5.88. The Kier molecular flexibility index (Phi) is 3.96. The molecule has 0 bridgehead atoms. The zero-order chi connectivity index (χ0) is 14.7. The fourth-order valence-corrected chi connectivity index (χ4v) is 3.06. The molecule has 1 aliphatic carbocycles. The summed E-state index contributed by atoms with van der Waals surface area (Å²) in [5, 5.41) is 13.8. The maximum Gasteiger partial charge on any atom is 0.0852 e. The van der Waals surface area contributed by atoms with Crippen LogP contribution >= 0.6 is 11.6 Å². The van der Waals surface area contributed by atoms with Gasteiger partial charge in [0.2, 0.25) is 0 Å². The molecule has 3 heteroatoms. The van der Waals surface area contributed by atoms with Crippen LogP contribution in [0.15, 0.2) is 54.6 Å². The molecule has 0 atom stereocenters. The van der Waals surface area contributed by atoms with Gasteiger partial charge in [-0.3, -0.25) is 0 Å². The molecule has 0 aliphatic heterocycles. The highest BCUT2D eigenvalue weighted by molar-refractivity contribution is 6.30. The standard InChI is InChI=1S/C18H17ClN2/c19-16-8-6-14(7-9-16)12-21-17-10-18(11-17,13-20)15-4-2-1-3-5-15/h1-9,17,21H,10-12H2. The predicted molar refractivity (Wildman–Crippen MR) is 85.0 cm³/mol. The van der Waals surface area contributed by atoms with Gasteiger partial charge in [-0.25, -0.2) is 0 Å². The fraction of sp³-hybridized carbons (Fsp3) is 0.278. The molecule has 0 saturated heterocycles. The van der Waals surface area contributed by atoms with Crippen LogP contribution < -0.4 is 5.32 Å². The molecule has 2 nitrogen and oxygen atoms in total. The number of benzene rings is 2. The van der Waals surface area contributed by atoms with Crippen molar-refractivity contribution < 1.29 is 0 Å². The lowest BCUT2D eigenvalue weighted by atomic mass is 9.62. The van der Waals surface area contributed by atoms with E-state index in [1.165, 1.54) is 5.56 Å². The van der Waals surface area contributed by atoms with Gasteiger partial charge in [0.1, 0.15) is 0 Å². The SMILES string of the molecule is N#CC1(c2ccccc2)CC(NCc2ccc(Cl)cc2)C1. The Morgan fingerprint density at radius 1 is 1.10 bits per heavy atom. The van der Waals surface area contributed by atoms with Gasteiger partial charge in [0.15, 0.2) is 0 Å². The van der Waals surface area contributed by atoms with E-state index in [4.69, 9.17) is 11.6 Å². The number of nitrogens with one attached hydrogen (secondary N) is 1. The monoisotopic (exact) mass is 296 g/mol. The molecule has 0 unspecified atom stereocenters. The second kappa shape index (κ2) is 5.89. The van der Waals surface area contributed by atoms with Crippen LogP contribution in [0.1, 0.15) is 24.0 Å². The number of nitrogens with zero attached hydrogens (tertiary/aromatic N) is 1. The molecule has 0 radical (unpaired) electrons. The number of hydrogen-bond acceptors (Lipinski definition) is 2. The summed E-state index contributed by atoms with van der Waals surface area (Å²) in [6.45, 7) is 0.818. The Bertz CT molecular complexity index is 637. The van der Waals surface area contributed by atoms with Gasteiger partial charge < -0.3 is 5.32 Å². The molecule has 1 saturated carbocycles. The van der Waals surface area contributed by atoms with Crippen molar-refractivity contribution in [3.05, 3.63) is 70.7 Å². The molecule has 0 heterocycles. The largest absolute Gasteiger partial charge is 0.310 e. The summed E-state index contributed by atoms with van der Waals surface area (Å²) in [5.74, 6) is 0. The molecule has 2 aromatic carbocycles. The molecule has 0 amide bonds. The second-order valence-electron chi connectivity index (χ2n) is 5.67. The zero-order valence-electron chi connectivity index (χ0n) is 11.7. The van der Waals surface area contributed by atoms with Crippen molar-refractivity contribution in [1.29, 1.82) is 5.26 Å². The van der Waals surface area contributed by atoms with Crippen LogP contribution in [0.4, 0.5) is 0 Å². The Morgan fingerprint density at radius 2 is 1.76 bits per heavy atom. The van der Waals surface area contributed by atoms with Gasteiger partial charge in [-0.15, -0.1) is 0 Å². The van der Waals surface area contributed by atoms with Crippen LogP contribution in [-0.4, -0.2) is 6.04 Å². The Balaban J connectivity index is 1.58. The van der Waals surface area contributed by atoms with Gasteiger partial charge in [0.05, 0.1) is 11.5 Å². The first kappa shape index (κ1) is 14.1. The van der Waals surface area contributed by atoms with E-state index in [2.05, 4.69) is 23.5 Å². The summed E-state index contributed by atoms with van der Waals surface area (Å²) in [6.07, 6.45) is 1.75. The van der Waals surface area contributed by atoms with Crippen molar-refractivity contribution >= 4 is 11.6 Å². The lowest BCUT2D eigenvalue weighted by Crippen LogP contribution is -2.50. The zero-order valence-corrected chi connectivity index (χ0v) is 12.5. The molecule has 3 rings (SSSR count). The summed E-state index contributed by atoms with van der Waals surface area (Å²) in [6, 6.07) is 20.9. The van der Waals surface area contributed by atoms with Crippen molar-refractivity contribution in [2.75, 3.05) is 0 Å². The fourth-order valence-electron chi connectivity index (χ4n) is 2.94. The van der Waals surface area contributed by atoms with E-state index in [0.29, 0.717) is 6.04 Å². The predicted octanol–water partition coefficient (Wildman–Crippen LogP) is 4.05. The third-order valence-corrected chi connectivity index (χ3v) is 4.49. The van der Waals surface area contributed by atoms with Crippen molar-refractivity contribution in [1.82, 2.24) is 5.32 Å². The lowest BCUT2D eigenvalue weighted by molar-refractivity contribution is 0.225. The minimum absolute atomic E-state index is 0.307. The lowest BCUT2D eigenvalue weighted by Gasteiger charge is -2.43. The average molecular weight is 297 g/mol. The molecular formula is C18H17ClN2. The van der Waals surface area contributed by atoms with E-state index < -0.39 is 0 Å². The summed E-state index contributed by atoms with van der Waals surface area (Å²) in [5.41, 5.74) is 2.05. The molecule has 106 valence electrons. The summed E-state index contributed by atoms with van der Waals surface area (Å²) in [7, 11) is 0. The third-order valence-electron chi connectivity index (χ3n) is 4.24. The van der Waals surface area contributed by atoms with Gasteiger partial charge in [0.25, 0.3) is 0 Å². The Morgan fingerprint density at radius 3 is 2.38 bits per heavy atom. The van der Waals surface area contributed by atoms with Crippen molar-refractivity contribution in [2.45, 2.75) is 30.8 Å². The molecule has 0 spiro atoms. The van der Waals surface area contributed by atoms with Gasteiger partial charge in [0, 0.05) is 17.6 Å². The van der Waals surface area contributed by atoms with Crippen LogP contribution in [0.5, 0.6) is 0 Å². The quantitative estimate of drug-likeness (QED) is 0.924. The average Bonchev–Trinajstić information content (AvgIpc) is 2.49. The first-order valence-electron chi connectivity index (χ1n) is 7.16. The van der Waals surface area contributed by atoms with Crippen LogP contribution in [-0.2, 0) is 12.0 Å². The van der Waals surface area contributed by atoms with Crippen LogP contribution in [0.3, 0.4) is 0 Å². The van der Waals surface area contributed by atoms with E-state index in [1.807, 2.05) is 42.5 Å². The van der Waals surface area contributed by atoms with Gasteiger partial charge in [-0.1, -0.05) is 54.1 Å². The molecule has 1 N–H and O–H groups in total. The molecule has 2 aromatic rings.